The van der Waals surface area contributed by atoms with E-state index in [2.05, 4.69) is 4.98 Å². The Hall–Kier alpha value is -1.47. The van der Waals surface area contributed by atoms with Crippen molar-refractivity contribution in [2.75, 3.05) is 13.1 Å². The summed E-state index contributed by atoms with van der Waals surface area (Å²) in [6.45, 7) is 2.01. The lowest BCUT2D eigenvalue weighted by Gasteiger charge is -2.13. The number of amides is 1. The quantitative estimate of drug-likeness (QED) is 0.500. The second kappa shape index (κ2) is 7.69. The number of imidazole rings is 1. The summed E-state index contributed by atoms with van der Waals surface area (Å²) in [5.74, 6) is 0.984. The van der Waals surface area contributed by atoms with Gasteiger partial charge >= 0.3 is 0 Å². The molecule has 0 saturated carbocycles. The highest BCUT2D eigenvalue weighted by Crippen LogP contribution is 2.11. The summed E-state index contributed by atoms with van der Waals surface area (Å²) >= 11 is 1.45. The number of ketones is 1. The number of carbonyl (C=O) groups excluding carboxylic acids is 2. The first kappa shape index (κ1) is 16.9. The molecule has 3 heterocycles. The largest absolute Gasteiger partial charge is 1.00 e. The number of carbonyl (C=O) groups is 2. The summed E-state index contributed by atoms with van der Waals surface area (Å²) in [6.07, 6.45) is 6.07. The minimum absolute atomic E-state index is 0. The van der Waals surface area contributed by atoms with Gasteiger partial charge in [-0.2, -0.15) is 0 Å². The van der Waals surface area contributed by atoms with Crippen LogP contribution in [0.4, 0.5) is 0 Å². The summed E-state index contributed by atoms with van der Waals surface area (Å²) < 4.78 is 1.84. The van der Waals surface area contributed by atoms with E-state index in [1.165, 1.54) is 11.3 Å². The number of Topliss-reactive ketones (excluding diaryl/α,β-unsaturated/α-hetero) is 1. The van der Waals surface area contributed by atoms with Gasteiger partial charge in [0.05, 0.1) is 4.88 Å². The van der Waals surface area contributed by atoms with Crippen molar-refractivity contribution in [3.05, 3.63) is 40.6 Å². The highest BCUT2D eigenvalue weighted by Gasteiger charge is 2.23. The Labute approximate surface area is 143 Å². The van der Waals surface area contributed by atoms with E-state index >= 15 is 0 Å². The first-order valence-electron chi connectivity index (χ1n) is 7.14. The van der Waals surface area contributed by atoms with Crippen LogP contribution < -0.4 is 21.5 Å². The standard InChI is InChI=1S/C15H17N3O2S.BrH/c19-12(13-4-3-9-21-13)10-14-16-5-8-18(14)11-15(20)17-6-1-2-7-17;/h3-5,8-9H,1-2,6-7,10-11H2;1H. The van der Waals surface area contributed by atoms with E-state index < -0.39 is 0 Å². The SMILES string of the molecule is O=C(Cc1[nH]cc[n+]1CC(=O)N1CCCC1)c1cccs1.[Br-]. The third kappa shape index (κ3) is 3.84. The normalized spacial score (nSPS) is 13.9. The molecular formula is C15H18BrN3O2S. The van der Waals surface area contributed by atoms with Gasteiger partial charge in [0.1, 0.15) is 18.8 Å². The molecule has 1 amide bonds. The predicted octanol–water partition coefficient (Wildman–Crippen LogP) is -1.58. The molecule has 0 atom stereocenters. The highest BCUT2D eigenvalue weighted by atomic mass is 79.9. The van der Waals surface area contributed by atoms with Crippen molar-refractivity contribution in [3.63, 3.8) is 0 Å². The third-order valence-corrected chi connectivity index (χ3v) is 4.65. The van der Waals surface area contributed by atoms with Crippen LogP contribution in [0.2, 0.25) is 0 Å². The second-order valence-electron chi connectivity index (χ2n) is 5.20. The van der Waals surface area contributed by atoms with Gasteiger partial charge in [-0.05, 0) is 24.3 Å². The molecule has 0 aliphatic carbocycles. The number of thiophene rings is 1. The predicted molar refractivity (Wildman–Crippen MR) is 79.2 cm³/mol. The molecule has 0 spiro atoms. The monoisotopic (exact) mass is 383 g/mol. The van der Waals surface area contributed by atoms with Gasteiger partial charge < -0.3 is 21.9 Å². The van der Waals surface area contributed by atoms with Crippen LogP contribution in [-0.2, 0) is 17.8 Å². The molecule has 1 aliphatic heterocycles. The molecule has 2 aromatic rings. The van der Waals surface area contributed by atoms with Gasteiger partial charge in [-0.3, -0.25) is 9.59 Å². The van der Waals surface area contributed by atoms with Gasteiger partial charge in [0.2, 0.25) is 0 Å². The van der Waals surface area contributed by atoms with Crippen molar-refractivity contribution in [3.8, 4) is 0 Å². The van der Waals surface area contributed by atoms with Crippen molar-refractivity contribution in [1.82, 2.24) is 9.88 Å². The average Bonchev–Trinajstić information content (AvgIpc) is 3.22. The van der Waals surface area contributed by atoms with E-state index in [0.717, 1.165) is 36.6 Å². The fourth-order valence-electron chi connectivity index (χ4n) is 2.59. The molecule has 1 fully saturated rings. The number of aromatic nitrogens is 2. The topological polar surface area (TPSA) is 57.1 Å². The highest BCUT2D eigenvalue weighted by molar-refractivity contribution is 7.12. The summed E-state index contributed by atoms with van der Waals surface area (Å²) in [5.41, 5.74) is 0. The lowest BCUT2D eigenvalue weighted by molar-refractivity contribution is -0.690. The van der Waals surface area contributed by atoms with Crippen LogP contribution in [0.15, 0.2) is 29.9 Å². The van der Waals surface area contributed by atoms with Gasteiger partial charge in [0.25, 0.3) is 11.7 Å². The number of nitrogens with one attached hydrogen (secondary N) is 1. The molecule has 1 saturated heterocycles. The van der Waals surface area contributed by atoms with Crippen molar-refractivity contribution in [2.24, 2.45) is 0 Å². The van der Waals surface area contributed by atoms with E-state index in [1.807, 2.05) is 33.2 Å². The van der Waals surface area contributed by atoms with Crippen molar-refractivity contribution >= 4 is 23.0 Å². The third-order valence-electron chi connectivity index (χ3n) is 3.74. The van der Waals surface area contributed by atoms with Crippen LogP contribution in [0.5, 0.6) is 0 Å². The second-order valence-corrected chi connectivity index (χ2v) is 6.15. The van der Waals surface area contributed by atoms with E-state index in [9.17, 15) is 9.59 Å². The minimum atomic E-state index is 0. The number of rotatable bonds is 5. The minimum Gasteiger partial charge on any atom is -1.00 e. The zero-order valence-electron chi connectivity index (χ0n) is 12.1. The number of nitrogens with zero attached hydrogens (tertiary/aromatic N) is 2. The smallest absolute Gasteiger partial charge is 0.264 e. The zero-order valence-corrected chi connectivity index (χ0v) is 14.5. The average molecular weight is 384 g/mol. The molecule has 7 heteroatoms. The molecule has 1 aliphatic rings. The van der Waals surface area contributed by atoms with Crippen molar-refractivity contribution < 1.29 is 31.1 Å². The summed E-state index contributed by atoms with van der Waals surface area (Å²) in [7, 11) is 0. The van der Waals surface area contributed by atoms with Crippen LogP contribution >= 0.6 is 11.3 Å². The zero-order chi connectivity index (χ0) is 14.7. The van der Waals surface area contributed by atoms with E-state index in [-0.39, 0.29) is 28.7 Å². The lowest BCUT2D eigenvalue weighted by Crippen LogP contribution is -3.00. The molecule has 2 aromatic heterocycles. The van der Waals surface area contributed by atoms with Gasteiger partial charge in [-0.1, -0.05) is 6.07 Å². The summed E-state index contributed by atoms with van der Waals surface area (Å²) in [6, 6.07) is 3.70. The Morgan fingerprint density at radius 2 is 2.09 bits per heavy atom. The molecule has 0 bridgehead atoms. The molecular weight excluding hydrogens is 366 g/mol. The fourth-order valence-corrected chi connectivity index (χ4v) is 3.25. The van der Waals surface area contributed by atoms with Crippen molar-refractivity contribution in [1.29, 1.82) is 0 Å². The molecule has 0 unspecified atom stereocenters. The summed E-state index contributed by atoms with van der Waals surface area (Å²) in [4.78, 5) is 30.1. The number of aromatic amines is 1. The Balaban J connectivity index is 0.00000176. The van der Waals surface area contributed by atoms with E-state index in [1.54, 1.807) is 6.20 Å². The summed E-state index contributed by atoms with van der Waals surface area (Å²) in [5, 5.41) is 1.90. The number of likely N-dealkylation sites (tertiary alicyclic amines) is 1. The van der Waals surface area contributed by atoms with Crippen LogP contribution in [0.3, 0.4) is 0 Å². The van der Waals surface area contributed by atoms with Gasteiger partial charge in [-0.25, -0.2) is 9.55 Å². The van der Waals surface area contributed by atoms with Gasteiger partial charge in [0, 0.05) is 13.1 Å². The number of hydrogen-bond donors (Lipinski definition) is 1. The van der Waals surface area contributed by atoms with Crippen LogP contribution in [0.25, 0.3) is 0 Å². The molecule has 0 aromatic carbocycles. The Bertz CT molecular complexity index is 633. The molecule has 22 heavy (non-hydrogen) atoms. The first-order valence-corrected chi connectivity index (χ1v) is 8.02. The number of halogens is 1. The molecule has 5 nitrogen and oxygen atoms in total. The van der Waals surface area contributed by atoms with E-state index in [0.29, 0.717) is 13.0 Å². The maximum atomic E-state index is 12.2. The molecule has 1 N–H and O–H groups in total. The van der Waals surface area contributed by atoms with Gasteiger partial charge in [-0.15, -0.1) is 11.3 Å². The molecule has 118 valence electrons. The number of H-pyrrole nitrogens is 1. The maximum absolute atomic E-state index is 12.2. The Morgan fingerprint density at radius 3 is 2.77 bits per heavy atom. The van der Waals surface area contributed by atoms with Crippen LogP contribution in [-0.4, -0.2) is 34.7 Å². The maximum Gasteiger partial charge on any atom is 0.264 e. The fraction of sp³-hybridized carbons (Fsp3) is 0.400. The van der Waals surface area contributed by atoms with Crippen LogP contribution in [0.1, 0.15) is 28.3 Å². The molecule has 3 rings (SSSR count). The Kier molecular flexibility index (Phi) is 5.90. The van der Waals surface area contributed by atoms with Crippen LogP contribution in [0, 0.1) is 0 Å². The van der Waals surface area contributed by atoms with Gasteiger partial charge in [0.15, 0.2) is 12.3 Å². The molecule has 0 radical (unpaired) electrons. The lowest BCUT2D eigenvalue weighted by atomic mass is 10.2. The van der Waals surface area contributed by atoms with Crippen molar-refractivity contribution in [2.45, 2.75) is 25.8 Å². The number of hydrogen-bond acceptors (Lipinski definition) is 3. The first-order chi connectivity index (χ1) is 10.2. The van der Waals surface area contributed by atoms with E-state index in [4.69, 9.17) is 0 Å². The Morgan fingerprint density at radius 1 is 1.32 bits per heavy atom.